The van der Waals surface area contributed by atoms with Gasteiger partial charge in [0, 0.05) is 12.5 Å². The number of nitrogens with zero attached hydrogens (tertiary/aromatic N) is 1. The molecule has 0 heterocycles. The number of rotatable bonds is 9. The molecule has 30 heavy (non-hydrogen) atoms. The van der Waals surface area contributed by atoms with Gasteiger partial charge in [0.05, 0.1) is 0 Å². The molecule has 0 aliphatic carbocycles. The van der Waals surface area contributed by atoms with E-state index in [1.165, 1.54) is 4.90 Å². The van der Waals surface area contributed by atoms with Gasteiger partial charge in [-0.25, -0.2) is 9.59 Å². The molecule has 0 saturated heterocycles. The number of hydrogen-bond donors (Lipinski definition) is 0. The molecule has 0 N–H and O–H groups in total. The fourth-order valence-electron chi connectivity index (χ4n) is 2.73. The predicted octanol–water partition coefficient (Wildman–Crippen LogP) is 5.62. The Morgan fingerprint density at radius 1 is 0.933 bits per heavy atom. The first-order valence-corrected chi connectivity index (χ1v) is 10.9. The summed E-state index contributed by atoms with van der Waals surface area (Å²) in [5.41, 5.74) is -1.22. The lowest BCUT2D eigenvalue weighted by molar-refractivity contribution is -0.161. The summed E-state index contributed by atoms with van der Waals surface area (Å²) in [6, 6.07) is -0.753. The maximum absolute atomic E-state index is 12.8. The molecular weight excluding hydrogens is 382 g/mol. The highest BCUT2D eigenvalue weighted by Gasteiger charge is 2.34. The van der Waals surface area contributed by atoms with Crippen LogP contribution in [-0.4, -0.2) is 47.5 Å². The van der Waals surface area contributed by atoms with Crippen LogP contribution in [0.1, 0.15) is 95.4 Å². The topological polar surface area (TPSA) is 72.9 Å². The van der Waals surface area contributed by atoms with Crippen LogP contribution in [0.3, 0.4) is 0 Å². The maximum Gasteiger partial charge on any atom is 0.410 e. The summed E-state index contributed by atoms with van der Waals surface area (Å²) in [4.78, 5) is 38.1. The minimum atomic E-state index is -0.753. The lowest BCUT2D eigenvalue weighted by atomic mass is 9.78. The number of likely N-dealkylation sites (N-methyl/N-ethyl adjacent to an activating group) is 1. The maximum atomic E-state index is 12.8. The van der Waals surface area contributed by atoms with Crippen LogP contribution < -0.4 is 0 Å². The van der Waals surface area contributed by atoms with Crippen LogP contribution >= 0.6 is 0 Å². The van der Waals surface area contributed by atoms with E-state index in [-0.39, 0.29) is 22.7 Å². The van der Waals surface area contributed by atoms with Gasteiger partial charge in [0.15, 0.2) is 0 Å². The van der Waals surface area contributed by atoms with Gasteiger partial charge in [-0.05, 0) is 65.2 Å². The van der Waals surface area contributed by atoms with Gasteiger partial charge < -0.3 is 9.47 Å². The van der Waals surface area contributed by atoms with E-state index in [0.29, 0.717) is 12.3 Å². The smallest absolute Gasteiger partial charge is 0.410 e. The number of ether oxygens (including phenoxy) is 2. The summed E-state index contributed by atoms with van der Waals surface area (Å²) < 4.78 is 11.2. The van der Waals surface area contributed by atoms with E-state index in [1.54, 1.807) is 41.7 Å². The van der Waals surface area contributed by atoms with Crippen molar-refractivity contribution in [1.29, 1.82) is 0 Å². The van der Waals surface area contributed by atoms with Crippen molar-refractivity contribution in [2.45, 2.75) is 113 Å². The van der Waals surface area contributed by atoms with Crippen molar-refractivity contribution in [2.75, 3.05) is 7.05 Å². The van der Waals surface area contributed by atoms with Crippen molar-refractivity contribution >= 4 is 17.8 Å². The van der Waals surface area contributed by atoms with E-state index in [2.05, 4.69) is 6.92 Å². The highest BCUT2D eigenvalue weighted by Crippen LogP contribution is 2.32. The molecule has 6 heteroatoms. The molecule has 0 spiro atoms. The van der Waals surface area contributed by atoms with Gasteiger partial charge >= 0.3 is 12.1 Å². The Balaban J connectivity index is 5.07. The summed E-state index contributed by atoms with van der Waals surface area (Å²) in [5, 5.41) is 0. The first-order chi connectivity index (χ1) is 13.3. The van der Waals surface area contributed by atoms with Crippen molar-refractivity contribution < 1.29 is 23.9 Å². The minimum absolute atomic E-state index is 0.188. The van der Waals surface area contributed by atoms with Gasteiger partial charge in [-0.15, -0.1) is 0 Å². The lowest BCUT2D eigenvalue weighted by Gasteiger charge is -2.35. The first-order valence-electron chi connectivity index (χ1n) is 10.9. The molecule has 0 radical (unpaired) electrons. The zero-order valence-electron chi connectivity index (χ0n) is 21.3. The van der Waals surface area contributed by atoms with Crippen LogP contribution in [0.2, 0.25) is 0 Å². The molecular formula is C24H45NO5. The van der Waals surface area contributed by atoms with Crippen LogP contribution in [0.4, 0.5) is 4.79 Å². The Bertz CT molecular complexity index is 598. The predicted molar refractivity (Wildman–Crippen MR) is 120 cm³/mol. The molecule has 0 aliphatic heterocycles. The van der Waals surface area contributed by atoms with Crippen molar-refractivity contribution in [1.82, 2.24) is 4.90 Å². The average molecular weight is 428 g/mol. The van der Waals surface area contributed by atoms with Crippen molar-refractivity contribution in [3.63, 3.8) is 0 Å². The number of amides is 1. The molecule has 0 aromatic heterocycles. The summed E-state index contributed by atoms with van der Waals surface area (Å²) >= 11 is 0. The first kappa shape index (κ1) is 28.4. The van der Waals surface area contributed by atoms with Crippen LogP contribution in [0.25, 0.3) is 0 Å². The third kappa shape index (κ3) is 9.94. The van der Waals surface area contributed by atoms with E-state index in [0.717, 1.165) is 12.8 Å². The second-order valence-electron chi connectivity index (χ2n) is 11.4. The number of esters is 1. The van der Waals surface area contributed by atoms with Crippen molar-refractivity contribution in [3.05, 3.63) is 0 Å². The Labute approximate surface area is 184 Å². The Hall–Kier alpha value is -1.59. The van der Waals surface area contributed by atoms with E-state index in [4.69, 9.17) is 9.47 Å². The van der Waals surface area contributed by atoms with E-state index >= 15 is 0 Å². The molecule has 3 unspecified atom stereocenters. The summed E-state index contributed by atoms with van der Waals surface area (Å²) in [7, 11) is 1.54. The molecule has 0 rings (SSSR count). The van der Waals surface area contributed by atoms with Crippen molar-refractivity contribution in [2.24, 2.45) is 16.7 Å². The van der Waals surface area contributed by atoms with Crippen LogP contribution in [-0.2, 0) is 19.1 Å². The molecule has 0 aromatic carbocycles. The van der Waals surface area contributed by atoms with Gasteiger partial charge in [0.1, 0.15) is 23.5 Å². The highest BCUT2D eigenvalue weighted by atomic mass is 16.6. The standard InChI is InChI=1S/C24H45NO5/c1-16(13-14-24(10,11)18(3)26)15-19(22(4,5)6)29-20(27)17(2)25(12)21(28)30-23(7,8)9/h16-17,19H,13-15H2,1-12H3. The van der Waals surface area contributed by atoms with E-state index in [9.17, 15) is 14.4 Å². The lowest BCUT2D eigenvalue weighted by Crippen LogP contribution is -2.46. The quantitative estimate of drug-likeness (QED) is 0.446. The van der Waals surface area contributed by atoms with E-state index < -0.39 is 23.7 Å². The zero-order chi connectivity index (χ0) is 24.1. The van der Waals surface area contributed by atoms with Gasteiger partial charge in [-0.3, -0.25) is 9.69 Å². The third-order valence-corrected chi connectivity index (χ3v) is 5.66. The number of ketones is 1. The second kappa shape index (κ2) is 10.6. The molecule has 1 amide bonds. The van der Waals surface area contributed by atoms with Gasteiger partial charge in [-0.1, -0.05) is 41.5 Å². The minimum Gasteiger partial charge on any atom is -0.460 e. The molecule has 0 saturated carbocycles. The van der Waals surface area contributed by atoms with Crippen molar-refractivity contribution in [3.8, 4) is 0 Å². The van der Waals surface area contributed by atoms with E-state index in [1.807, 2.05) is 34.6 Å². The Morgan fingerprint density at radius 2 is 1.43 bits per heavy atom. The average Bonchev–Trinajstić information content (AvgIpc) is 2.55. The number of carbonyl (C=O) groups excluding carboxylic acids is 3. The summed E-state index contributed by atoms with van der Waals surface area (Å²) in [6.45, 7) is 20.8. The summed E-state index contributed by atoms with van der Waals surface area (Å²) in [6.07, 6.45) is 1.52. The Morgan fingerprint density at radius 3 is 1.83 bits per heavy atom. The molecule has 0 aromatic rings. The molecule has 3 atom stereocenters. The van der Waals surface area contributed by atoms with Crippen LogP contribution in [0, 0.1) is 16.7 Å². The Kier molecular flexibility index (Phi) is 10.1. The molecule has 0 aliphatic rings. The summed E-state index contributed by atoms with van der Waals surface area (Å²) in [5.74, 6) is 0.0339. The van der Waals surface area contributed by atoms with Gasteiger partial charge in [-0.2, -0.15) is 0 Å². The SMILES string of the molecule is CC(=O)C(C)(C)CCC(C)CC(OC(=O)C(C)N(C)C(=O)OC(C)(C)C)C(C)(C)C. The molecule has 176 valence electrons. The second-order valence-corrected chi connectivity index (χ2v) is 11.4. The van der Waals surface area contributed by atoms with Gasteiger partial charge in [0.2, 0.25) is 0 Å². The third-order valence-electron chi connectivity index (χ3n) is 5.66. The van der Waals surface area contributed by atoms with Crippen LogP contribution in [0.5, 0.6) is 0 Å². The largest absolute Gasteiger partial charge is 0.460 e. The fourth-order valence-corrected chi connectivity index (χ4v) is 2.73. The molecule has 0 bridgehead atoms. The zero-order valence-corrected chi connectivity index (χ0v) is 21.3. The van der Waals surface area contributed by atoms with Crippen LogP contribution in [0.15, 0.2) is 0 Å². The normalized spacial score (nSPS) is 15.7. The number of hydrogen-bond acceptors (Lipinski definition) is 5. The van der Waals surface area contributed by atoms with Gasteiger partial charge in [0.25, 0.3) is 0 Å². The molecule has 0 fully saturated rings. The fraction of sp³-hybridized carbons (Fsp3) is 0.875. The monoisotopic (exact) mass is 427 g/mol. The highest BCUT2D eigenvalue weighted by molar-refractivity contribution is 5.81. The number of carbonyl (C=O) groups is 3. The molecule has 6 nitrogen and oxygen atoms in total. The number of Topliss-reactive ketones (excluding diaryl/α,β-unsaturated/α-hetero) is 1.